The SMILES string of the molecule is COC(=O)c1ccccc1NC(=O)CNc1cc(C)c(C)cc1C(C)=O. The number of nitrogens with one attached hydrogen (secondary N) is 2. The highest BCUT2D eigenvalue weighted by atomic mass is 16.5. The van der Waals surface area contributed by atoms with E-state index in [1.54, 1.807) is 24.3 Å². The van der Waals surface area contributed by atoms with E-state index in [0.29, 0.717) is 16.9 Å². The largest absolute Gasteiger partial charge is 0.465 e. The van der Waals surface area contributed by atoms with Gasteiger partial charge >= 0.3 is 5.97 Å². The number of carbonyl (C=O) groups excluding carboxylic acids is 3. The molecule has 0 aliphatic rings. The average Bonchev–Trinajstić information content (AvgIpc) is 2.62. The van der Waals surface area contributed by atoms with Crippen LogP contribution in [0.3, 0.4) is 0 Å². The summed E-state index contributed by atoms with van der Waals surface area (Å²) in [6.07, 6.45) is 0. The molecule has 2 aromatic carbocycles. The maximum atomic E-state index is 12.3. The van der Waals surface area contributed by atoms with Crippen LogP contribution in [0.4, 0.5) is 11.4 Å². The van der Waals surface area contributed by atoms with Crippen LogP contribution in [0.5, 0.6) is 0 Å². The number of hydrogen-bond acceptors (Lipinski definition) is 5. The van der Waals surface area contributed by atoms with E-state index in [9.17, 15) is 14.4 Å². The summed E-state index contributed by atoms with van der Waals surface area (Å²) in [6, 6.07) is 10.3. The van der Waals surface area contributed by atoms with E-state index in [1.165, 1.54) is 14.0 Å². The van der Waals surface area contributed by atoms with Crippen molar-refractivity contribution in [2.45, 2.75) is 20.8 Å². The van der Waals surface area contributed by atoms with Crippen molar-refractivity contribution in [2.75, 3.05) is 24.3 Å². The molecule has 6 nitrogen and oxygen atoms in total. The summed E-state index contributed by atoms with van der Waals surface area (Å²) in [5, 5.41) is 5.68. The molecular formula is C20H22N2O4. The van der Waals surface area contributed by atoms with Crippen molar-refractivity contribution in [1.29, 1.82) is 0 Å². The molecule has 0 spiro atoms. The van der Waals surface area contributed by atoms with Crippen molar-refractivity contribution < 1.29 is 19.1 Å². The van der Waals surface area contributed by atoms with Gasteiger partial charge in [-0.25, -0.2) is 4.79 Å². The first-order chi connectivity index (χ1) is 12.3. The van der Waals surface area contributed by atoms with Gasteiger partial charge in [0, 0.05) is 11.3 Å². The molecule has 136 valence electrons. The molecule has 0 fully saturated rings. The molecule has 2 rings (SSSR count). The smallest absolute Gasteiger partial charge is 0.339 e. The predicted molar refractivity (Wildman–Crippen MR) is 101 cm³/mol. The second-order valence-electron chi connectivity index (χ2n) is 5.98. The average molecular weight is 354 g/mol. The maximum Gasteiger partial charge on any atom is 0.339 e. The molecule has 6 heteroatoms. The van der Waals surface area contributed by atoms with E-state index in [0.717, 1.165) is 11.1 Å². The lowest BCUT2D eigenvalue weighted by atomic mass is 10.0. The lowest BCUT2D eigenvalue weighted by Gasteiger charge is -2.14. The molecule has 2 aromatic rings. The number of ketones is 1. The molecule has 0 saturated carbocycles. The van der Waals surface area contributed by atoms with Crippen molar-refractivity contribution in [3.05, 3.63) is 58.7 Å². The highest BCUT2D eigenvalue weighted by Crippen LogP contribution is 2.22. The van der Waals surface area contributed by atoms with Crippen molar-refractivity contribution in [3.8, 4) is 0 Å². The zero-order valence-electron chi connectivity index (χ0n) is 15.3. The van der Waals surface area contributed by atoms with Gasteiger partial charge in [-0.05, 0) is 56.2 Å². The first-order valence-electron chi connectivity index (χ1n) is 8.16. The van der Waals surface area contributed by atoms with Crippen molar-refractivity contribution >= 4 is 29.0 Å². The lowest BCUT2D eigenvalue weighted by molar-refractivity contribution is -0.114. The topological polar surface area (TPSA) is 84.5 Å². The number of esters is 1. The Labute approximate surface area is 152 Å². The monoisotopic (exact) mass is 354 g/mol. The molecule has 0 unspecified atom stereocenters. The molecule has 0 aromatic heterocycles. The number of Topliss-reactive ketones (excluding diaryl/α,β-unsaturated/α-hetero) is 1. The normalized spacial score (nSPS) is 10.2. The van der Waals surface area contributed by atoms with Gasteiger partial charge in [-0.15, -0.1) is 0 Å². The Morgan fingerprint density at radius 1 is 0.962 bits per heavy atom. The summed E-state index contributed by atoms with van der Waals surface area (Å²) in [7, 11) is 1.28. The molecular weight excluding hydrogens is 332 g/mol. The number of ether oxygens (including phenoxy) is 1. The van der Waals surface area contributed by atoms with Crippen molar-refractivity contribution in [1.82, 2.24) is 0 Å². The molecule has 0 saturated heterocycles. The van der Waals surface area contributed by atoms with E-state index in [1.807, 2.05) is 26.0 Å². The number of amides is 1. The van der Waals surface area contributed by atoms with Crippen LogP contribution in [0.1, 0.15) is 38.8 Å². The van der Waals surface area contributed by atoms with Gasteiger partial charge in [-0.2, -0.15) is 0 Å². The van der Waals surface area contributed by atoms with E-state index < -0.39 is 5.97 Å². The molecule has 0 heterocycles. The minimum atomic E-state index is -0.526. The number of hydrogen-bond donors (Lipinski definition) is 2. The zero-order valence-corrected chi connectivity index (χ0v) is 15.3. The Balaban J connectivity index is 2.12. The Kier molecular flexibility index (Phi) is 6.11. The number of aryl methyl sites for hydroxylation is 2. The summed E-state index contributed by atoms with van der Waals surface area (Å²) in [5.74, 6) is -0.942. The van der Waals surface area contributed by atoms with Gasteiger partial charge < -0.3 is 15.4 Å². The number of para-hydroxylation sites is 1. The van der Waals surface area contributed by atoms with Crippen LogP contribution in [0.25, 0.3) is 0 Å². The summed E-state index contributed by atoms with van der Waals surface area (Å²) in [5.41, 5.74) is 3.83. The van der Waals surface area contributed by atoms with E-state index in [-0.39, 0.29) is 23.8 Å². The van der Waals surface area contributed by atoms with E-state index in [4.69, 9.17) is 4.74 Å². The maximum absolute atomic E-state index is 12.3. The summed E-state index contributed by atoms with van der Waals surface area (Å²) in [6.45, 7) is 5.32. The number of carbonyl (C=O) groups is 3. The zero-order chi connectivity index (χ0) is 19.3. The number of methoxy groups -OCH3 is 1. The minimum absolute atomic E-state index is 0.0434. The first kappa shape index (κ1) is 19.2. The van der Waals surface area contributed by atoms with Gasteiger partial charge in [0.25, 0.3) is 0 Å². The molecule has 0 aliphatic heterocycles. The van der Waals surface area contributed by atoms with Gasteiger partial charge in [-0.3, -0.25) is 9.59 Å². The quantitative estimate of drug-likeness (QED) is 0.614. The molecule has 0 bridgehead atoms. The second-order valence-corrected chi connectivity index (χ2v) is 5.98. The van der Waals surface area contributed by atoms with Crippen LogP contribution in [-0.4, -0.2) is 31.3 Å². The second kappa shape index (κ2) is 8.29. The van der Waals surface area contributed by atoms with Crippen LogP contribution in [0.15, 0.2) is 36.4 Å². The van der Waals surface area contributed by atoms with Crippen LogP contribution in [0, 0.1) is 13.8 Å². The van der Waals surface area contributed by atoms with Gasteiger partial charge in [0.05, 0.1) is 24.9 Å². The van der Waals surface area contributed by atoms with Gasteiger partial charge in [-0.1, -0.05) is 12.1 Å². The van der Waals surface area contributed by atoms with Crippen molar-refractivity contribution in [2.24, 2.45) is 0 Å². The third kappa shape index (κ3) is 4.47. The number of anilines is 2. The van der Waals surface area contributed by atoms with Crippen molar-refractivity contribution in [3.63, 3.8) is 0 Å². The number of benzene rings is 2. The van der Waals surface area contributed by atoms with Gasteiger partial charge in [0.2, 0.25) is 5.91 Å². The Bertz CT molecular complexity index is 859. The fraction of sp³-hybridized carbons (Fsp3) is 0.250. The highest BCUT2D eigenvalue weighted by Gasteiger charge is 2.14. The van der Waals surface area contributed by atoms with Gasteiger partial charge in [0.15, 0.2) is 5.78 Å². The summed E-state index contributed by atoms with van der Waals surface area (Å²) < 4.78 is 4.71. The summed E-state index contributed by atoms with van der Waals surface area (Å²) in [4.78, 5) is 35.9. The minimum Gasteiger partial charge on any atom is -0.465 e. The van der Waals surface area contributed by atoms with Crippen LogP contribution in [-0.2, 0) is 9.53 Å². The molecule has 0 radical (unpaired) electrons. The number of rotatable bonds is 6. The lowest BCUT2D eigenvalue weighted by Crippen LogP contribution is -2.23. The van der Waals surface area contributed by atoms with Crippen LogP contribution >= 0.6 is 0 Å². The molecule has 1 amide bonds. The molecule has 26 heavy (non-hydrogen) atoms. The van der Waals surface area contributed by atoms with Crippen LogP contribution in [0.2, 0.25) is 0 Å². The summed E-state index contributed by atoms with van der Waals surface area (Å²) >= 11 is 0. The third-order valence-corrected chi connectivity index (χ3v) is 4.06. The fourth-order valence-electron chi connectivity index (χ4n) is 2.50. The van der Waals surface area contributed by atoms with E-state index >= 15 is 0 Å². The van der Waals surface area contributed by atoms with Gasteiger partial charge in [0.1, 0.15) is 0 Å². The standard InChI is InChI=1S/C20H22N2O4/c1-12-9-16(14(3)23)18(10-13(12)2)21-11-19(24)22-17-8-6-5-7-15(17)20(25)26-4/h5-10,21H,11H2,1-4H3,(H,22,24). The highest BCUT2D eigenvalue weighted by molar-refractivity contribution is 6.03. The third-order valence-electron chi connectivity index (χ3n) is 4.06. The molecule has 0 aliphatic carbocycles. The first-order valence-corrected chi connectivity index (χ1v) is 8.16. The molecule has 2 N–H and O–H groups in total. The Hall–Kier alpha value is -3.15. The Morgan fingerprint density at radius 3 is 2.27 bits per heavy atom. The Morgan fingerprint density at radius 2 is 1.62 bits per heavy atom. The predicted octanol–water partition coefficient (Wildman–Crippen LogP) is 3.34. The molecule has 0 atom stereocenters. The van der Waals surface area contributed by atoms with Crippen LogP contribution < -0.4 is 10.6 Å². The van der Waals surface area contributed by atoms with E-state index in [2.05, 4.69) is 10.6 Å². The fourth-order valence-corrected chi connectivity index (χ4v) is 2.50.